The van der Waals surface area contributed by atoms with Crippen molar-refractivity contribution < 1.29 is 8.78 Å². The zero-order valence-corrected chi connectivity index (χ0v) is 8.82. The maximum absolute atomic E-state index is 13.7. The van der Waals surface area contributed by atoms with Gasteiger partial charge in [-0.05, 0) is 50.4 Å². The Morgan fingerprint density at radius 3 is 2.87 bits per heavy atom. The fourth-order valence-electron chi connectivity index (χ4n) is 2.07. The fraction of sp³-hybridized carbons (Fsp3) is 0.500. The van der Waals surface area contributed by atoms with E-state index in [0.717, 1.165) is 19.5 Å². The molecule has 0 bridgehead atoms. The summed E-state index contributed by atoms with van der Waals surface area (Å²) in [4.78, 5) is 0. The van der Waals surface area contributed by atoms with Crippen LogP contribution in [-0.4, -0.2) is 13.1 Å². The summed E-state index contributed by atoms with van der Waals surface area (Å²) in [5, 5.41) is 3.24. The number of rotatable bonds is 2. The van der Waals surface area contributed by atoms with Crippen molar-refractivity contribution in [3.63, 3.8) is 0 Å². The van der Waals surface area contributed by atoms with Gasteiger partial charge in [0.25, 0.3) is 0 Å². The first-order valence-electron chi connectivity index (χ1n) is 5.32. The molecule has 1 aromatic rings. The van der Waals surface area contributed by atoms with E-state index in [2.05, 4.69) is 5.32 Å². The topological polar surface area (TPSA) is 12.0 Å². The van der Waals surface area contributed by atoms with Gasteiger partial charge in [0, 0.05) is 5.56 Å². The molecule has 15 heavy (non-hydrogen) atoms. The quantitative estimate of drug-likeness (QED) is 0.792. The monoisotopic (exact) mass is 211 g/mol. The third-order valence-corrected chi connectivity index (χ3v) is 3.07. The molecule has 1 aliphatic rings. The van der Waals surface area contributed by atoms with Crippen LogP contribution in [0.25, 0.3) is 0 Å². The molecule has 0 spiro atoms. The number of hydrogen-bond donors (Lipinski definition) is 1. The zero-order valence-electron chi connectivity index (χ0n) is 8.82. The Kier molecular flexibility index (Phi) is 3.00. The summed E-state index contributed by atoms with van der Waals surface area (Å²) in [5.74, 6) is -0.341. The Morgan fingerprint density at radius 1 is 1.40 bits per heavy atom. The van der Waals surface area contributed by atoms with Gasteiger partial charge in [0.2, 0.25) is 0 Å². The van der Waals surface area contributed by atoms with E-state index in [1.165, 1.54) is 13.0 Å². The lowest BCUT2D eigenvalue weighted by atomic mass is 9.97. The highest BCUT2D eigenvalue weighted by Crippen LogP contribution is 2.21. The summed E-state index contributed by atoms with van der Waals surface area (Å²) in [6, 6.07) is 2.92. The number of benzene rings is 1. The molecular formula is C12H15F2N. The zero-order chi connectivity index (χ0) is 10.8. The lowest BCUT2D eigenvalue weighted by Gasteiger charge is -2.10. The summed E-state index contributed by atoms with van der Waals surface area (Å²) in [5.41, 5.74) is 0.779. The van der Waals surface area contributed by atoms with Gasteiger partial charge in [-0.3, -0.25) is 0 Å². The SMILES string of the molecule is Cc1c(F)ccc(CC2CCNC2)c1F. The second-order valence-electron chi connectivity index (χ2n) is 4.21. The van der Waals surface area contributed by atoms with Crippen LogP contribution in [0.15, 0.2) is 12.1 Å². The molecule has 1 nitrogen and oxygen atoms in total. The summed E-state index contributed by atoms with van der Waals surface area (Å²) in [6.45, 7) is 3.43. The Labute approximate surface area is 88.5 Å². The molecule has 0 amide bonds. The maximum atomic E-state index is 13.7. The summed E-state index contributed by atoms with van der Waals surface area (Å²) >= 11 is 0. The van der Waals surface area contributed by atoms with Crippen LogP contribution >= 0.6 is 0 Å². The maximum Gasteiger partial charge on any atom is 0.132 e. The first-order chi connectivity index (χ1) is 7.18. The van der Waals surface area contributed by atoms with Crippen LogP contribution in [-0.2, 0) is 6.42 Å². The van der Waals surface area contributed by atoms with E-state index in [-0.39, 0.29) is 11.4 Å². The molecule has 1 N–H and O–H groups in total. The van der Waals surface area contributed by atoms with Crippen LogP contribution in [0.1, 0.15) is 17.5 Å². The van der Waals surface area contributed by atoms with E-state index >= 15 is 0 Å². The minimum atomic E-state index is -0.458. The van der Waals surface area contributed by atoms with Gasteiger partial charge in [-0.2, -0.15) is 0 Å². The van der Waals surface area contributed by atoms with Crippen molar-refractivity contribution >= 4 is 0 Å². The molecule has 1 aromatic carbocycles. The average Bonchev–Trinajstić information content (AvgIpc) is 2.72. The van der Waals surface area contributed by atoms with Gasteiger partial charge in [0.05, 0.1) is 0 Å². The van der Waals surface area contributed by atoms with Gasteiger partial charge in [-0.1, -0.05) is 6.07 Å². The van der Waals surface area contributed by atoms with Crippen LogP contribution in [0.3, 0.4) is 0 Å². The molecule has 0 aromatic heterocycles. The molecule has 1 atom stereocenters. The Balaban J connectivity index is 2.17. The Hall–Kier alpha value is -0.960. The van der Waals surface area contributed by atoms with Crippen molar-refractivity contribution in [2.75, 3.05) is 13.1 Å². The molecule has 82 valence electrons. The van der Waals surface area contributed by atoms with Gasteiger partial charge in [0.15, 0.2) is 0 Å². The van der Waals surface area contributed by atoms with Crippen LogP contribution in [0.2, 0.25) is 0 Å². The molecule has 1 aliphatic heterocycles. The van der Waals surface area contributed by atoms with Gasteiger partial charge >= 0.3 is 0 Å². The molecule has 1 heterocycles. The minimum absolute atomic E-state index is 0.137. The van der Waals surface area contributed by atoms with Crippen LogP contribution in [0, 0.1) is 24.5 Å². The Morgan fingerprint density at radius 2 is 2.20 bits per heavy atom. The summed E-state index contributed by atoms with van der Waals surface area (Å²) in [6.07, 6.45) is 1.79. The van der Waals surface area contributed by atoms with E-state index in [1.54, 1.807) is 6.07 Å². The smallest absolute Gasteiger partial charge is 0.132 e. The van der Waals surface area contributed by atoms with E-state index in [0.29, 0.717) is 17.9 Å². The molecule has 1 unspecified atom stereocenters. The third kappa shape index (κ3) is 2.17. The minimum Gasteiger partial charge on any atom is -0.316 e. The van der Waals surface area contributed by atoms with E-state index in [9.17, 15) is 8.78 Å². The molecule has 2 rings (SSSR count). The van der Waals surface area contributed by atoms with Crippen molar-refractivity contribution in [2.24, 2.45) is 5.92 Å². The number of hydrogen-bond acceptors (Lipinski definition) is 1. The van der Waals surface area contributed by atoms with Crippen LogP contribution in [0.5, 0.6) is 0 Å². The first-order valence-corrected chi connectivity index (χ1v) is 5.32. The predicted octanol–water partition coefficient (Wildman–Crippen LogP) is 2.43. The van der Waals surface area contributed by atoms with Crippen molar-refractivity contribution in [1.29, 1.82) is 0 Å². The summed E-state index contributed by atoms with van der Waals surface area (Å²) < 4.78 is 26.7. The van der Waals surface area contributed by atoms with Crippen molar-refractivity contribution in [1.82, 2.24) is 5.32 Å². The second-order valence-corrected chi connectivity index (χ2v) is 4.21. The van der Waals surface area contributed by atoms with Gasteiger partial charge in [0.1, 0.15) is 11.6 Å². The molecule has 0 saturated carbocycles. The standard InChI is InChI=1S/C12H15F2N/c1-8-11(13)3-2-10(12(8)14)6-9-4-5-15-7-9/h2-3,9,15H,4-7H2,1H3. The van der Waals surface area contributed by atoms with Gasteiger partial charge < -0.3 is 5.32 Å². The Bertz CT molecular complexity index is 357. The van der Waals surface area contributed by atoms with Crippen molar-refractivity contribution in [3.8, 4) is 0 Å². The van der Waals surface area contributed by atoms with E-state index in [1.807, 2.05) is 0 Å². The predicted molar refractivity (Wildman–Crippen MR) is 55.8 cm³/mol. The highest BCUT2D eigenvalue weighted by Gasteiger charge is 2.18. The van der Waals surface area contributed by atoms with Crippen LogP contribution in [0.4, 0.5) is 8.78 Å². The molecule has 1 fully saturated rings. The number of halogens is 2. The van der Waals surface area contributed by atoms with Crippen molar-refractivity contribution in [2.45, 2.75) is 19.8 Å². The van der Waals surface area contributed by atoms with Crippen molar-refractivity contribution in [3.05, 3.63) is 34.9 Å². The fourth-order valence-corrected chi connectivity index (χ4v) is 2.07. The second kappa shape index (κ2) is 4.27. The van der Waals surface area contributed by atoms with E-state index in [4.69, 9.17) is 0 Å². The average molecular weight is 211 g/mol. The lowest BCUT2D eigenvalue weighted by molar-refractivity contribution is 0.524. The largest absolute Gasteiger partial charge is 0.316 e. The molecule has 0 radical (unpaired) electrons. The van der Waals surface area contributed by atoms with Gasteiger partial charge in [-0.25, -0.2) is 8.78 Å². The van der Waals surface area contributed by atoms with Gasteiger partial charge in [-0.15, -0.1) is 0 Å². The highest BCUT2D eigenvalue weighted by molar-refractivity contribution is 5.26. The summed E-state index contributed by atoms with van der Waals surface area (Å²) in [7, 11) is 0. The third-order valence-electron chi connectivity index (χ3n) is 3.07. The normalized spacial score (nSPS) is 20.9. The van der Waals surface area contributed by atoms with E-state index < -0.39 is 5.82 Å². The lowest BCUT2D eigenvalue weighted by Crippen LogP contribution is -2.12. The highest BCUT2D eigenvalue weighted by atomic mass is 19.1. The molecule has 0 aliphatic carbocycles. The number of nitrogens with one attached hydrogen (secondary N) is 1. The molecular weight excluding hydrogens is 196 g/mol. The molecule has 3 heteroatoms. The first kappa shape index (κ1) is 10.6. The molecule has 1 saturated heterocycles. The van der Waals surface area contributed by atoms with Crippen LogP contribution < -0.4 is 5.32 Å².